The molecule has 26 heavy (non-hydrogen) atoms. The van der Waals surface area contributed by atoms with E-state index in [9.17, 15) is 9.18 Å². The summed E-state index contributed by atoms with van der Waals surface area (Å²) in [5.74, 6) is 0.0730. The van der Waals surface area contributed by atoms with E-state index in [2.05, 4.69) is 5.32 Å². The van der Waals surface area contributed by atoms with E-state index < -0.39 is 0 Å². The Morgan fingerprint density at radius 3 is 2.50 bits per heavy atom. The number of rotatable bonds is 6. The molecule has 1 fully saturated rings. The third kappa shape index (κ3) is 5.22. The highest BCUT2D eigenvalue weighted by atomic mass is 35.5. The van der Waals surface area contributed by atoms with Crippen molar-refractivity contribution < 1.29 is 9.18 Å². The number of carbonyl (C=O) groups excluding carboxylic acids is 1. The summed E-state index contributed by atoms with van der Waals surface area (Å²) in [7, 11) is 0. The molecule has 1 saturated carbocycles. The number of nitrogens with two attached hydrogens (primary N) is 1. The van der Waals surface area contributed by atoms with Gasteiger partial charge in [0.25, 0.3) is 0 Å². The van der Waals surface area contributed by atoms with E-state index in [-0.39, 0.29) is 35.4 Å². The number of amides is 1. The number of benzene rings is 2. The second-order valence-corrected chi connectivity index (χ2v) is 7.58. The molecule has 3 unspecified atom stereocenters. The van der Waals surface area contributed by atoms with E-state index in [4.69, 9.17) is 5.73 Å². The molecule has 0 aliphatic heterocycles. The van der Waals surface area contributed by atoms with Gasteiger partial charge in [0.1, 0.15) is 11.1 Å². The maximum atomic E-state index is 13.2. The van der Waals surface area contributed by atoms with Gasteiger partial charge in [0.2, 0.25) is 5.91 Å². The summed E-state index contributed by atoms with van der Waals surface area (Å²) in [4.78, 5) is 13.9. The molecule has 140 valence electrons. The molecule has 1 aliphatic rings. The zero-order valence-corrected chi connectivity index (χ0v) is 16.1. The highest BCUT2D eigenvalue weighted by Crippen LogP contribution is 2.36. The minimum Gasteiger partial charge on any atom is -0.352 e. The maximum Gasteiger partial charge on any atom is 0.238 e. The molecule has 3 atom stereocenters. The van der Waals surface area contributed by atoms with Crippen LogP contribution >= 0.6 is 24.2 Å². The number of hydrogen-bond acceptors (Lipinski definition) is 3. The Kier molecular flexibility index (Phi) is 7.94. The van der Waals surface area contributed by atoms with Crippen molar-refractivity contribution in [3.05, 3.63) is 66.0 Å². The van der Waals surface area contributed by atoms with Gasteiger partial charge in [-0.15, -0.1) is 24.2 Å². The predicted molar refractivity (Wildman–Crippen MR) is 107 cm³/mol. The Hall–Kier alpha value is -1.56. The van der Waals surface area contributed by atoms with Crippen LogP contribution in [0.4, 0.5) is 4.39 Å². The van der Waals surface area contributed by atoms with E-state index in [1.54, 1.807) is 12.1 Å². The van der Waals surface area contributed by atoms with Crippen molar-refractivity contribution in [2.24, 2.45) is 11.7 Å². The molecule has 6 heteroatoms. The van der Waals surface area contributed by atoms with Crippen LogP contribution in [0.5, 0.6) is 0 Å². The first kappa shape index (κ1) is 20.7. The molecular formula is C20H24ClFN2OS. The molecule has 1 amide bonds. The van der Waals surface area contributed by atoms with Gasteiger partial charge in [-0.2, -0.15) is 0 Å². The lowest BCUT2D eigenvalue weighted by Crippen LogP contribution is -2.41. The summed E-state index contributed by atoms with van der Waals surface area (Å²) in [6.45, 7) is 0.603. The molecule has 0 saturated heterocycles. The average molecular weight is 395 g/mol. The summed E-state index contributed by atoms with van der Waals surface area (Å²) >= 11 is 1.44. The lowest BCUT2D eigenvalue weighted by Gasteiger charge is -2.23. The van der Waals surface area contributed by atoms with Gasteiger partial charge in [0.05, 0.1) is 0 Å². The molecule has 0 aromatic heterocycles. The molecule has 0 radical (unpaired) electrons. The summed E-state index contributed by atoms with van der Waals surface area (Å²) < 4.78 is 13.2. The smallest absolute Gasteiger partial charge is 0.238 e. The van der Waals surface area contributed by atoms with Crippen LogP contribution in [0.2, 0.25) is 0 Å². The van der Waals surface area contributed by atoms with Crippen LogP contribution in [0.1, 0.15) is 30.1 Å². The normalized spacial score (nSPS) is 20.2. The van der Waals surface area contributed by atoms with E-state index in [0.29, 0.717) is 12.5 Å². The standard InChI is InChI=1S/C20H23FN2OS.ClH/c21-16-9-11-17(12-10-16)25-19(14-5-2-1-3-6-14)20(24)23-18-8-4-7-15(18)13-22;/h1-3,5-6,9-12,15,18-19H,4,7-8,13,22H2,(H,23,24);1H. The summed E-state index contributed by atoms with van der Waals surface area (Å²) in [5, 5.41) is 2.83. The van der Waals surface area contributed by atoms with Crippen molar-refractivity contribution in [1.29, 1.82) is 0 Å². The highest BCUT2D eigenvalue weighted by molar-refractivity contribution is 8.00. The maximum absolute atomic E-state index is 13.2. The fraction of sp³-hybridized carbons (Fsp3) is 0.350. The third-order valence-electron chi connectivity index (χ3n) is 4.70. The fourth-order valence-corrected chi connectivity index (χ4v) is 4.35. The van der Waals surface area contributed by atoms with Gasteiger partial charge in [-0.05, 0) is 55.1 Å². The quantitative estimate of drug-likeness (QED) is 0.717. The SMILES string of the molecule is Cl.NCC1CCCC1NC(=O)C(Sc1ccc(F)cc1)c1ccccc1. The molecule has 1 aliphatic carbocycles. The van der Waals surface area contributed by atoms with Crippen molar-refractivity contribution in [1.82, 2.24) is 5.32 Å². The van der Waals surface area contributed by atoms with Crippen LogP contribution in [0.3, 0.4) is 0 Å². The second-order valence-electron chi connectivity index (χ2n) is 6.40. The average Bonchev–Trinajstić information content (AvgIpc) is 3.09. The van der Waals surface area contributed by atoms with E-state index in [1.807, 2.05) is 30.3 Å². The largest absolute Gasteiger partial charge is 0.352 e. The molecule has 3 rings (SSSR count). The van der Waals surface area contributed by atoms with E-state index in [1.165, 1.54) is 23.9 Å². The highest BCUT2D eigenvalue weighted by Gasteiger charge is 2.30. The van der Waals surface area contributed by atoms with Gasteiger partial charge in [0.15, 0.2) is 0 Å². The van der Waals surface area contributed by atoms with Gasteiger partial charge in [-0.1, -0.05) is 36.8 Å². The Morgan fingerprint density at radius 1 is 1.15 bits per heavy atom. The first-order valence-electron chi connectivity index (χ1n) is 8.65. The molecule has 0 spiro atoms. The van der Waals surface area contributed by atoms with Gasteiger partial charge in [0, 0.05) is 10.9 Å². The third-order valence-corrected chi connectivity index (χ3v) is 5.96. The Bertz CT molecular complexity index is 699. The number of halogens is 2. The Balaban J connectivity index is 0.00000243. The van der Waals surface area contributed by atoms with Crippen LogP contribution in [-0.2, 0) is 4.79 Å². The first-order chi connectivity index (χ1) is 12.2. The second kappa shape index (κ2) is 9.95. The van der Waals surface area contributed by atoms with Crippen molar-refractivity contribution in [3.8, 4) is 0 Å². The Morgan fingerprint density at radius 2 is 1.85 bits per heavy atom. The van der Waals surface area contributed by atoms with E-state index >= 15 is 0 Å². The zero-order chi connectivity index (χ0) is 17.6. The molecule has 2 aromatic carbocycles. The monoisotopic (exact) mass is 394 g/mol. The summed E-state index contributed by atoms with van der Waals surface area (Å²) in [5.41, 5.74) is 6.77. The van der Waals surface area contributed by atoms with E-state index in [0.717, 1.165) is 29.7 Å². The van der Waals surface area contributed by atoms with Crippen LogP contribution in [-0.4, -0.2) is 18.5 Å². The van der Waals surface area contributed by atoms with Crippen molar-refractivity contribution in [2.75, 3.05) is 6.54 Å². The number of hydrogen-bond donors (Lipinski definition) is 2. The molecule has 2 aromatic rings. The van der Waals surface area contributed by atoms with Crippen LogP contribution in [0, 0.1) is 11.7 Å². The lowest BCUT2D eigenvalue weighted by molar-refractivity contribution is -0.121. The first-order valence-corrected chi connectivity index (χ1v) is 9.53. The van der Waals surface area contributed by atoms with Gasteiger partial charge in [-0.25, -0.2) is 4.39 Å². The van der Waals surface area contributed by atoms with Gasteiger partial charge >= 0.3 is 0 Å². The minimum absolute atomic E-state index is 0. The Labute approximate surface area is 164 Å². The van der Waals surface area contributed by atoms with Gasteiger partial charge < -0.3 is 11.1 Å². The molecular weight excluding hydrogens is 371 g/mol. The molecule has 3 N–H and O–H groups in total. The number of thioether (sulfide) groups is 1. The summed E-state index contributed by atoms with van der Waals surface area (Å²) in [6, 6.07) is 16.1. The van der Waals surface area contributed by atoms with Crippen LogP contribution in [0.25, 0.3) is 0 Å². The van der Waals surface area contributed by atoms with Crippen LogP contribution in [0.15, 0.2) is 59.5 Å². The topological polar surface area (TPSA) is 55.1 Å². The van der Waals surface area contributed by atoms with Crippen molar-refractivity contribution >= 4 is 30.1 Å². The number of nitrogens with one attached hydrogen (secondary N) is 1. The zero-order valence-electron chi connectivity index (χ0n) is 14.4. The van der Waals surface area contributed by atoms with Crippen molar-refractivity contribution in [2.45, 2.75) is 35.4 Å². The number of carbonyl (C=O) groups is 1. The predicted octanol–water partition coefficient (Wildman–Crippen LogP) is 4.32. The van der Waals surface area contributed by atoms with Crippen LogP contribution < -0.4 is 11.1 Å². The molecule has 3 nitrogen and oxygen atoms in total. The summed E-state index contributed by atoms with van der Waals surface area (Å²) in [6.07, 6.45) is 3.16. The molecule has 0 bridgehead atoms. The van der Waals surface area contributed by atoms with Gasteiger partial charge in [-0.3, -0.25) is 4.79 Å². The fourth-order valence-electron chi connectivity index (χ4n) is 3.32. The minimum atomic E-state index is -0.370. The van der Waals surface area contributed by atoms with Crippen molar-refractivity contribution in [3.63, 3.8) is 0 Å². The molecule has 0 heterocycles. The lowest BCUT2D eigenvalue weighted by atomic mass is 10.0.